The van der Waals surface area contributed by atoms with Gasteiger partial charge >= 0.3 is 0 Å². The first-order valence-corrected chi connectivity index (χ1v) is 6.16. The van der Waals surface area contributed by atoms with E-state index in [-0.39, 0.29) is 0 Å². The zero-order chi connectivity index (χ0) is 11.4. The first-order chi connectivity index (χ1) is 7.79. The Bertz CT molecular complexity index is 331. The summed E-state index contributed by atoms with van der Waals surface area (Å²) in [5, 5.41) is 0. The number of rotatable bonds is 4. The van der Waals surface area contributed by atoms with Gasteiger partial charge in [-0.1, -0.05) is 19.1 Å². The van der Waals surface area contributed by atoms with E-state index < -0.39 is 0 Å². The summed E-state index contributed by atoms with van der Waals surface area (Å²) in [6.45, 7) is 6.02. The molecule has 88 valence electrons. The fraction of sp³-hybridized carbons (Fsp3) is 0.571. The number of methoxy groups -OCH3 is 1. The Kier molecular flexibility index (Phi) is 3.83. The van der Waals surface area contributed by atoms with Crippen molar-refractivity contribution in [1.29, 1.82) is 0 Å². The Labute approximate surface area is 98.2 Å². The fourth-order valence-electron chi connectivity index (χ4n) is 2.41. The van der Waals surface area contributed by atoms with Crippen LogP contribution in [0.5, 0.6) is 5.75 Å². The van der Waals surface area contributed by atoms with Crippen LogP contribution in [0, 0.1) is 0 Å². The van der Waals surface area contributed by atoms with Crippen molar-refractivity contribution in [3.05, 3.63) is 29.8 Å². The average Bonchev–Trinajstić information content (AvgIpc) is 2.82. The monoisotopic (exact) mass is 219 g/mol. The van der Waals surface area contributed by atoms with Crippen LogP contribution in [-0.2, 0) is 0 Å². The van der Waals surface area contributed by atoms with Crippen LogP contribution in [-0.4, -0.2) is 31.6 Å². The minimum Gasteiger partial charge on any atom is -0.497 e. The van der Waals surface area contributed by atoms with Gasteiger partial charge in [0, 0.05) is 6.54 Å². The molecule has 0 N–H and O–H groups in total. The Hall–Kier alpha value is -1.02. The van der Waals surface area contributed by atoms with Gasteiger partial charge in [0.1, 0.15) is 5.75 Å². The minimum absolute atomic E-state index is 0.591. The highest BCUT2D eigenvalue weighted by Gasteiger charge is 2.15. The summed E-state index contributed by atoms with van der Waals surface area (Å²) in [4.78, 5) is 2.56. The van der Waals surface area contributed by atoms with E-state index in [0.29, 0.717) is 5.92 Å². The van der Waals surface area contributed by atoms with Crippen molar-refractivity contribution < 1.29 is 4.74 Å². The molecule has 0 radical (unpaired) electrons. The standard InChI is InChI=1S/C14H21NO/c1-12(11-15-8-3-4-9-15)13-6-5-7-14(10-13)16-2/h5-7,10,12H,3-4,8-9,11H2,1-2H3. The van der Waals surface area contributed by atoms with Crippen LogP contribution >= 0.6 is 0 Å². The van der Waals surface area contributed by atoms with Crippen LogP contribution in [0.25, 0.3) is 0 Å². The third-order valence-corrected chi connectivity index (χ3v) is 3.39. The van der Waals surface area contributed by atoms with Crippen molar-refractivity contribution in [3.8, 4) is 5.75 Å². The van der Waals surface area contributed by atoms with Gasteiger partial charge in [0.15, 0.2) is 0 Å². The largest absolute Gasteiger partial charge is 0.497 e. The van der Waals surface area contributed by atoms with Gasteiger partial charge in [-0.25, -0.2) is 0 Å². The third kappa shape index (κ3) is 2.76. The molecule has 1 aromatic rings. The van der Waals surface area contributed by atoms with Crippen LogP contribution < -0.4 is 4.74 Å². The molecular formula is C14H21NO. The van der Waals surface area contributed by atoms with Gasteiger partial charge in [0.25, 0.3) is 0 Å². The van der Waals surface area contributed by atoms with E-state index in [9.17, 15) is 0 Å². The summed E-state index contributed by atoms with van der Waals surface area (Å²) in [7, 11) is 1.73. The van der Waals surface area contributed by atoms with Crippen molar-refractivity contribution in [2.45, 2.75) is 25.7 Å². The molecular weight excluding hydrogens is 198 g/mol. The van der Waals surface area contributed by atoms with E-state index in [1.54, 1.807) is 7.11 Å². The quantitative estimate of drug-likeness (QED) is 0.772. The Morgan fingerprint density at radius 3 is 2.75 bits per heavy atom. The van der Waals surface area contributed by atoms with Gasteiger partial charge in [-0.3, -0.25) is 0 Å². The van der Waals surface area contributed by atoms with Crippen LogP contribution in [0.1, 0.15) is 31.2 Å². The molecule has 0 amide bonds. The van der Waals surface area contributed by atoms with Gasteiger partial charge in [-0.2, -0.15) is 0 Å². The van der Waals surface area contributed by atoms with Crippen LogP contribution in [0.4, 0.5) is 0 Å². The molecule has 0 saturated carbocycles. The number of benzene rings is 1. The molecule has 1 unspecified atom stereocenters. The van der Waals surface area contributed by atoms with Gasteiger partial charge in [0.05, 0.1) is 7.11 Å². The minimum atomic E-state index is 0.591. The molecule has 16 heavy (non-hydrogen) atoms. The van der Waals surface area contributed by atoms with Gasteiger partial charge in [-0.15, -0.1) is 0 Å². The lowest BCUT2D eigenvalue weighted by molar-refractivity contribution is 0.320. The predicted octanol–water partition coefficient (Wildman–Crippen LogP) is 2.89. The van der Waals surface area contributed by atoms with Gasteiger partial charge in [-0.05, 0) is 49.5 Å². The summed E-state index contributed by atoms with van der Waals surface area (Å²) >= 11 is 0. The molecule has 1 atom stereocenters. The first-order valence-electron chi connectivity index (χ1n) is 6.16. The number of ether oxygens (including phenoxy) is 1. The second-order valence-corrected chi connectivity index (χ2v) is 4.69. The predicted molar refractivity (Wildman–Crippen MR) is 67.1 cm³/mol. The highest BCUT2D eigenvalue weighted by molar-refractivity contribution is 5.30. The van der Waals surface area contributed by atoms with E-state index >= 15 is 0 Å². The summed E-state index contributed by atoms with van der Waals surface area (Å²) in [6.07, 6.45) is 2.73. The van der Waals surface area contributed by atoms with Crippen LogP contribution in [0.3, 0.4) is 0 Å². The van der Waals surface area contributed by atoms with Crippen molar-refractivity contribution in [2.75, 3.05) is 26.7 Å². The molecule has 0 aromatic heterocycles. The van der Waals surface area contributed by atoms with Crippen molar-refractivity contribution in [3.63, 3.8) is 0 Å². The zero-order valence-electron chi connectivity index (χ0n) is 10.3. The van der Waals surface area contributed by atoms with Gasteiger partial charge in [0.2, 0.25) is 0 Å². The van der Waals surface area contributed by atoms with Crippen molar-refractivity contribution in [2.24, 2.45) is 0 Å². The van der Waals surface area contributed by atoms with Crippen LogP contribution in [0.2, 0.25) is 0 Å². The molecule has 2 heteroatoms. The van der Waals surface area contributed by atoms with E-state index in [1.165, 1.54) is 38.0 Å². The maximum Gasteiger partial charge on any atom is 0.119 e. The molecule has 2 rings (SSSR count). The zero-order valence-corrected chi connectivity index (χ0v) is 10.3. The Morgan fingerprint density at radius 2 is 2.06 bits per heavy atom. The first kappa shape index (κ1) is 11.5. The van der Waals surface area contributed by atoms with E-state index in [4.69, 9.17) is 4.74 Å². The average molecular weight is 219 g/mol. The summed E-state index contributed by atoms with van der Waals surface area (Å²) in [5.41, 5.74) is 1.38. The van der Waals surface area contributed by atoms with E-state index in [0.717, 1.165) is 5.75 Å². The molecule has 1 aliphatic rings. The number of nitrogens with zero attached hydrogens (tertiary/aromatic N) is 1. The lowest BCUT2D eigenvalue weighted by Crippen LogP contribution is -2.24. The summed E-state index contributed by atoms with van der Waals surface area (Å²) in [6, 6.07) is 8.44. The molecule has 0 bridgehead atoms. The number of hydrogen-bond acceptors (Lipinski definition) is 2. The summed E-state index contributed by atoms with van der Waals surface area (Å²) in [5.74, 6) is 1.55. The smallest absolute Gasteiger partial charge is 0.119 e. The maximum atomic E-state index is 5.26. The molecule has 1 heterocycles. The molecule has 2 nitrogen and oxygen atoms in total. The molecule has 1 saturated heterocycles. The van der Waals surface area contributed by atoms with Crippen molar-refractivity contribution in [1.82, 2.24) is 4.90 Å². The van der Waals surface area contributed by atoms with E-state index in [2.05, 4.69) is 30.0 Å². The Morgan fingerprint density at radius 1 is 1.31 bits per heavy atom. The maximum absolute atomic E-state index is 5.26. The van der Waals surface area contributed by atoms with Crippen LogP contribution in [0.15, 0.2) is 24.3 Å². The van der Waals surface area contributed by atoms with Gasteiger partial charge < -0.3 is 9.64 Å². The highest BCUT2D eigenvalue weighted by atomic mass is 16.5. The topological polar surface area (TPSA) is 12.5 Å². The molecule has 0 aliphatic carbocycles. The second kappa shape index (κ2) is 5.35. The normalized spacial score (nSPS) is 18.6. The SMILES string of the molecule is COc1cccc(C(C)CN2CCCC2)c1. The third-order valence-electron chi connectivity index (χ3n) is 3.39. The molecule has 1 aromatic carbocycles. The second-order valence-electron chi connectivity index (χ2n) is 4.69. The molecule has 1 aliphatic heterocycles. The number of likely N-dealkylation sites (tertiary alicyclic amines) is 1. The lowest BCUT2D eigenvalue weighted by Gasteiger charge is -2.20. The fourth-order valence-corrected chi connectivity index (χ4v) is 2.41. The lowest BCUT2D eigenvalue weighted by atomic mass is 10.0. The Balaban J connectivity index is 1.98. The molecule has 0 spiro atoms. The van der Waals surface area contributed by atoms with Crippen molar-refractivity contribution >= 4 is 0 Å². The number of hydrogen-bond donors (Lipinski definition) is 0. The highest BCUT2D eigenvalue weighted by Crippen LogP contribution is 2.22. The van der Waals surface area contributed by atoms with E-state index in [1.807, 2.05) is 6.07 Å². The summed E-state index contributed by atoms with van der Waals surface area (Å²) < 4.78 is 5.26. The molecule has 1 fully saturated rings.